The van der Waals surface area contributed by atoms with E-state index >= 15 is 0 Å². The highest BCUT2D eigenvalue weighted by atomic mass is 16.2. The van der Waals surface area contributed by atoms with E-state index < -0.39 is 0 Å². The fourth-order valence-corrected chi connectivity index (χ4v) is 1.89. The molecule has 100 valence electrons. The molecule has 0 aliphatic carbocycles. The molecule has 0 radical (unpaired) electrons. The van der Waals surface area contributed by atoms with Gasteiger partial charge in [0, 0.05) is 51.3 Å². The molecule has 4 heteroatoms. The zero-order valence-electron chi connectivity index (χ0n) is 11.6. The maximum atomic E-state index is 11.9. The fourth-order valence-electron chi connectivity index (χ4n) is 1.89. The molecule has 0 saturated carbocycles. The predicted octanol–water partition coefficient (Wildman–Crippen LogP) is 2.34. The number of anilines is 1. The lowest BCUT2D eigenvalue weighted by Gasteiger charge is -2.12. The standard InChI is InChI=1S/C15H19N3O/c1-17(2)15(19)13-5-4-6-14(9-13)16-10-12-7-8-18(3)11-12/h4-9,11,16H,10H2,1-3H3. The molecule has 0 saturated heterocycles. The molecule has 1 amide bonds. The van der Waals surface area contributed by atoms with Crippen LogP contribution < -0.4 is 5.32 Å². The molecule has 1 aromatic carbocycles. The Morgan fingerprint density at radius 3 is 2.74 bits per heavy atom. The number of carbonyl (C=O) groups excluding carboxylic acids is 1. The Labute approximate surface area is 113 Å². The first-order valence-electron chi connectivity index (χ1n) is 6.22. The van der Waals surface area contributed by atoms with Gasteiger partial charge in [0.15, 0.2) is 0 Å². The first-order valence-corrected chi connectivity index (χ1v) is 6.22. The average molecular weight is 257 g/mol. The Morgan fingerprint density at radius 1 is 1.32 bits per heavy atom. The summed E-state index contributed by atoms with van der Waals surface area (Å²) in [6.07, 6.45) is 4.09. The summed E-state index contributed by atoms with van der Waals surface area (Å²) in [6, 6.07) is 9.64. The molecular formula is C15H19N3O. The number of nitrogens with zero attached hydrogens (tertiary/aromatic N) is 2. The molecule has 4 nitrogen and oxygen atoms in total. The molecular weight excluding hydrogens is 238 g/mol. The van der Waals surface area contributed by atoms with E-state index in [1.54, 1.807) is 19.0 Å². The Balaban J connectivity index is 2.05. The molecule has 0 unspecified atom stereocenters. The molecule has 0 spiro atoms. The van der Waals surface area contributed by atoms with Crippen LogP contribution in [0.15, 0.2) is 42.7 Å². The van der Waals surface area contributed by atoms with Gasteiger partial charge in [0.25, 0.3) is 5.91 Å². The highest BCUT2D eigenvalue weighted by molar-refractivity contribution is 5.94. The van der Waals surface area contributed by atoms with Gasteiger partial charge in [-0.25, -0.2) is 0 Å². The minimum Gasteiger partial charge on any atom is -0.381 e. The van der Waals surface area contributed by atoms with Crippen molar-refractivity contribution < 1.29 is 4.79 Å². The fraction of sp³-hybridized carbons (Fsp3) is 0.267. The van der Waals surface area contributed by atoms with E-state index in [0.29, 0.717) is 5.56 Å². The maximum absolute atomic E-state index is 11.9. The molecule has 0 aliphatic heterocycles. The lowest BCUT2D eigenvalue weighted by atomic mass is 10.2. The van der Waals surface area contributed by atoms with Gasteiger partial charge in [-0.15, -0.1) is 0 Å². The molecule has 1 N–H and O–H groups in total. The SMILES string of the molecule is CN(C)C(=O)c1cccc(NCc2ccn(C)c2)c1. The van der Waals surface area contributed by atoms with E-state index in [0.717, 1.165) is 12.2 Å². The van der Waals surface area contributed by atoms with Crippen molar-refractivity contribution in [3.63, 3.8) is 0 Å². The highest BCUT2D eigenvalue weighted by Crippen LogP contribution is 2.13. The Bertz CT molecular complexity index is 572. The van der Waals surface area contributed by atoms with Crippen LogP contribution in [0.25, 0.3) is 0 Å². The second-order valence-electron chi connectivity index (χ2n) is 4.82. The summed E-state index contributed by atoms with van der Waals surface area (Å²) in [5.41, 5.74) is 2.87. The van der Waals surface area contributed by atoms with Crippen LogP contribution >= 0.6 is 0 Å². The summed E-state index contributed by atoms with van der Waals surface area (Å²) in [4.78, 5) is 13.4. The van der Waals surface area contributed by atoms with Crippen molar-refractivity contribution in [3.8, 4) is 0 Å². The Kier molecular flexibility index (Phi) is 3.90. The molecule has 0 fully saturated rings. The number of hydrogen-bond donors (Lipinski definition) is 1. The summed E-state index contributed by atoms with van der Waals surface area (Å²) in [5, 5.41) is 3.32. The topological polar surface area (TPSA) is 37.3 Å². The van der Waals surface area contributed by atoms with Crippen molar-refractivity contribution in [1.29, 1.82) is 0 Å². The van der Waals surface area contributed by atoms with Crippen molar-refractivity contribution in [2.75, 3.05) is 19.4 Å². The number of hydrogen-bond acceptors (Lipinski definition) is 2. The lowest BCUT2D eigenvalue weighted by molar-refractivity contribution is 0.0827. The van der Waals surface area contributed by atoms with Gasteiger partial charge in [-0.1, -0.05) is 6.07 Å². The third-order valence-corrected chi connectivity index (χ3v) is 2.91. The van der Waals surface area contributed by atoms with Crippen LogP contribution in [0, 0.1) is 0 Å². The number of carbonyl (C=O) groups is 1. The first-order chi connectivity index (χ1) is 9.06. The minimum atomic E-state index is 0.0170. The summed E-state index contributed by atoms with van der Waals surface area (Å²) >= 11 is 0. The van der Waals surface area contributed by atoms with Gasteiger partial charge in [0.2, 0.25) is 0 Å². The molecule has 2 aromatic rings. The second-order valence-corrected chi connectivity index (χ2v) is 4.82. The zero-order valence-corrected chi connectivity index (χ0v) is 11.6. The molecule has 19 heavy (non-hydrogen) atoms. The lowest BCUT2D eigenvalue weighted by Crippen LogP contribution is -2.21. The highest BCUT2D eigenvalue weighted by Gasteiger charge is 2.07. The van der Waals surface area contributed by atoms with E-state index in [1.807, 2.05) is 42.1 Å². The van der Waals surface area contributed by atoms with Gasteiger partial charge in [-0.05, 0) is 29.8 Å². The Morgan fingerprint density at radius 2 is 2.11 bits per heavy atom. The average Bonchev–Trinajstić information content (AvgIpc) is 2.81. The number of amides is 1. The van der Waals surface area contributed by atoms with Gasteiger partial charge in [-0.3, -0.25) is 4.79 Å². The summed E-state index contributed by atoms with van der Waals surface area (Å²) < 4.78 is 2.02. The monoisotopic (exact) mass is 257 g/mol. The predicted molar refractivity (Wildman–Crippen MR) is 77.2 cm³/mol. The van der Waals surface area contributed by atoms with E-state index in [-0.39, 0.29) is 5.91 Å². The maximum Gasteiger partial charge on any atom is 0.253 e. The van der Waals surface area contributed by atoms with Gasteiger partial charge in [0.05, 0.1) is 0 Å². The van der Waals surface area contributed by atoms with Crippen molar-refractivity contribution in [2.45, 2.75) is 6.54 Å². The van der Waals surface area contributed by atoms with E-state index in [2.05, 4.69) is 17.6 Å². The number of benzene rings is 1. The van der Waals surface area contributed by atoms with Crippen LogP contribution in [0.4, 0.5) is 5.69 Å². The smallest absolute Gasteiger partial charge is 0.253 e. The minimum absolute atomic E-state index is 0.0170. The van der Waals surface area contributed by atoms with E-state index in [4.69, 9.17) is 0 Å². The van der Waals surface area contributed by atoms with E-state index in [9.17, 15) is 4.79 Å². The Hall–Kier alpha value is -2.23. The second kappa shape index (κ2) is 5.61. The largest absolute Gasteiger partial charge is 0.381 e. The third-order valence-electron chi connectivity index (χ3n) is 2.91. The van der Waals surface area contributed by atoms with Crippen LogP contribution in [0.3, 0.4) is 0 Å². The van der Waals surface area contributed by atoms with Crippen molar-refractivity contribution in [2.24, 2.45) is 7.05 Å². The van der Waals surface area contributed by atoms with E-state index in [1.165, 1.54) is 5.56 Å². The molecule has 0 aliphatic rings. The van der Waals surface area contributed by atoms with Gasteiger partial charge >= 0.3 is 0 Å². The summed E-state index contributed by atoms with van der Waals surface area (Å²) in [5.74, 6) is 0.0170. The van der Waals surface area contributed by atoms with Crippen LogP contribution in [0.2, 0.25) is 0 Å². The first kappa shape index (κ1) is 13.2. The quantitative estimate of drug-likeness (QED) is 0.913. The van der Waals surface area contributed by atoms with Crippen LogP contribution in [0.5, 0.6) is 0 Å². The number of nitrogens with one attached hydrogen (secondary N) is 1. The zero-order chi connectivity index (χ0) is 13.8. The molecule has 2 rings (SSSR count). The molecule has 1 heterocycles. The van der Waals surface area contributed by atoms with Crippen LogP contribution in [0.1, 0.15) is 15.9 Å². The van der Waals surface area contributed by atoms with Crippen molar-refractivity contribution >= 4 is 11.6 Å². The third kappa shape index (κ3) is 3.37. The van der Waals surface area contributed by atoms with Crippen molar-refractivity contribution in [3.05, 3.63) is 53.9 Å². The normalized spacial score (nSPS) is 10.3. The molecule has 0 bridgehead atoms. The van der Waals surface area contributed by atoms with Crippen LogP contribution in [-0.2, 0) is 13.6 Å². The molecule has 1 aromatic heterocycles. The summed E-state index contributed by atoms with van der Waals surface area (Å²) in [6.45, 7) is 0.750. The summed E-state index contributed by atoms with van der Waals surface area (Å²) in [7, 11) is 5.51. The number of aromatic nitrogens is 1. The van der Waals surface area contributed by atoms with Gasteiger partial charge in [0.1, 0.15) is 0 Å². The molecule has 0 atom stereocenters. The number of aryl methyl sites for hydroxylation is 1. The van der Waals surface area contributed by atoms with Gasteiger partial charge < -0.3 is 14.8 Å². The van der Waals surface area contributed by atoms with Crippen molar-refractivity contribution in [1.82, 2.24) is 9.47 Å². The van der Waals surface area contributed by atoms with Gasteiger partial charge in [-0.2, -0.15) is 0 Å². The van der Waals surface area contributed by atoms with Crippen LogP contribution in [-0.4, -0.2) is 29.5 Å². The number of rotatable bonds is 4.